The zero-order chi connectivity index (χ0) is 19.4. The summed E-state index contributed by atoms with van der Waals surface area (Å²) >= 11 is 8.86. The number of hydrogen-bond donors (Lipinski definition) is 3. The van der Waals surface area contributed by atoms with Crippen LogP contribution in [0.4, 0.5) is 5.69 Å². The third-order valence-electron chi connectivity index (χ3n) is 4.15. The smallest absolute Gasteiger partial charge is 0.313 e. The summed E-state index contributed by atoms with van der Waals surface area (Å²) in [6.45, 7) is 1.63. The summed E-state index contributed by atoms with van der Waals surface area (Å²) in [5, 5.41) is 22.3. The summed E-state index contributed by atoms with van der Waals surface area (Å²) < 4.78 is 0. The van der Waals surface area contributed by atoms with E-state index in [0.717, 1.165) is 0 Å². The number of hydrogen-bond acceptors (Lipinski definition) is 5. The van der Waals surface area contributed by atoms with Crippen LogP contribution < -0.4 is 10.6 Å². The highest BCUT2D eigenvalue weighted by Crippen LogP contribution is 2.33. The summed E-state index contributed by atoms with van der Waals surface area (Å²) in [6, 6.07) is 10.5. The van der Waals surface area contributed by atoms with E-state index in [-0.39, 0.29) is 6.54 Å². The standard InChI is InChI=1S/C19H17ClN2O3S2/c1-12-14(20)4-2-5-15(12)22-18(24)17(23)21-11-19(25,13-7-9-26-10-13)16-6-3-8-27-16/h2-10,25H,11H2,1H3,(H,21,23)(H,22,24)/t19-/m1/s1. The van der Waals surface area contributed by atoms with Crippen molar-refractivity contribution in [2.24, 2.45) is 0 Å². The first-order valence-electron chi connectivity index (χ1n) is 8.05. The molecular weight excluding hydrogens is 404 g/mol. The minimum atomic E-state index is -1.39. The number of carbonyl (C=O) groups excluding carboxylic acids is 2. The molecule has 3 aromatic rings. The monoisotopic (exact) mass is 420 g/mol. The number of carbonyl (C=O) groups is 2. The highest BCUT2D eigenvalue weighted by molar-refractivity contribution is 7.10. The van der Waals surface area contributed by atoms with Crippen LogP contribution >= 0.6 is 34.3 Å². The maximum atomic E-state index is 12.3. The Kier molecular flexibility index (Phi) is 5.96. The molecular formula is C19H17ClN2O3S2. The van der Waals surface area contributed by atoms with Gasteiger partial charge in [-0.3, -0.25) is 9.59 Å². The van der Waals surface area contributed by atoms with E-state index in [2.05, 4.69) is 10.6 Å². The molecule has 2 aromatic heterocycles. The molecule has 0 spiro atoms. The zero-order valence-corrected chi connectivity index (χ0v) is 16.8. The van der Waals surface area contributed by atoms with Crippen molar-refractivity contribution in [1.29, 1.82) is 0 Å². The van der Waals surface area contributed by atoms with E-state index in [9.17, 15) is 14.7 Å². The summed E-state index contributed by atoms with van der Waals surface area (Å²) in [5.41, 5.74) is 0.417. The molecule has 0 fully saturated rings. The average molecular weight is 421 g/mol. The largest absolute Gasteiger partial charge is 0.378 e. The molecule has 3 N–H and O–H groups in total. The highest BCUT2D eigenvalue weighted by Gasteiger charge is 2.34. The van der Waals surface area contributed by atoms with Gasteiger partial charge in [0.2, 0.25) is 0 Å². The molecule has 140 valence electrons. The zero-order valence-electron chi connectivity index (χ0n) is 14.4. The van der Waals surface area contributed by atoms with Crippen molar-refractivity contribution in [3.05, 3.63) is 73.6 Å². The third kappa shape index (κ3) is 4.22. The minimum absolute atomic E-state index is 0.120. The highest BCUT2D eigenvalue weighted by atomic mass is 35.5. The molecule has 0 saturated carbocycles. The van der Waals surface area contributed by atoms with Gasteiger partial charge < -0.3 is 15.7 Å². The van der Waals surface area contributed by atoms with E-state index in [1.54, 1.807) is 37.3 Å². The second-order valence-corrected chi connectivity index (χ2v) is 8.03. The van der Waals surface area contributed by atoms with Gasteiger partial charge in [0.1, 0.15) is 5.60 Å². The van der Waals surface area contributed by atoms with E-state index < -0.39 is 17.4 Å². The second-order valence-electron chi connectivity index (χ2n) is 5.90. The number of thiophene rings is 2. The quantitative estimate of drug-likeness (QED) is 0.550. The molecule has 0 aliphatic heterocycles. The molecule has 0 radical (unpaired) electrons. The van der Waals surface area contributed by atoms with E-state index in [1.165, 1.54) is 22.7 Å². The van der Waals surface area contributed by atoms with Gasteiger partial charge in [0.05, 0.1) is 6.54 Å². The van der Waals surface area contributed by atoms with Crippen LogP contribution in [0, 0.1) is 6.92 Å². The predicted molar refractivity (Wildman–Crippen MR) is 109 cm³/mol. The second kappa shape index (κ2) is 8.22. The Labute approximate surface area is 169 Å². The lowest BCUT2D eigenvalue weighted by molar-refractivity contribution is -0.136. The molecule has 0 aliphatic carbocycles. The number of benzene rings is 1. The summed E-state index contributed by atoms with van der Waals surface area (Å²) in [7, 11) is 0. The fourth-order valence-corrected chi connectivity index (χ4v) is 4.30. The van der Waals surface area contributed by atoms with E-state index >= 15 is 0 Å². The number of nitrogens with one attached hydrogen (secondary N) is 2. The van der Waals surface area contributed by atoms with E-state index in [1.807, 2.05) is 22.2 Å². The van der Waals surface area contributed by atoms with Crippen LogP contribution in [0.15, 0.2) is 52.5 Å². The molecule has 27 heavy (non-hydrogen) atoms. The van der Waals surface area contributed by atoms with Gasteiger partial charge in [0, 0.05) is 21.2 Å². The Morgan fingerprint density at radius 2 is 1.96 bits per heavy atom. The topological polar surface area (TPSA) is 78.4 Å². The lowest BCUT2D eigenvalue weighted by atomic mass is 9.94. The summed E-state index contributed by atoms with van der Waals surface area (Å²) in [4.78, 5) is 25.2. The summed E-state index contributed by atoms with van der Waals surface area (Å²) in [5.74, 6) is -1.65. The molecule has 0 saturated heterocycles. The Bertz CT molecular complexity index is 906. The Balaban J connectivity index is 1.71. The SMILES string of the molecule is Cc1c(Cl)cccc1NC(=O)C(=O)NC[C@@](O)(c1ccsc1)c1cccs1. The van der Waals surface area contributed by atoms with Crippen LogP contribution in [0.5, 0.6) is 0 Å². The first-order chi connectivity index (χ1) is 12.9. The van der Waals surface area contributed by atoms with Gasteiger partial charge in [-0.15, -0.1) is 11.3 Å². The molecule has 5 nitrogen and oxygen atoms in total. The van der Waals surface area contributed by atoms with Gasteiger partial charge in [-0.05, 0) is 52.9 Å². The first-order valence-corrected chi connectivity index (χ1v) is 10.2. The number of rotatable bonds is 5. The lowest BCUT2D eigenvalue weighted by Gasteiger charge is -2.26. The number of anilines is 1. The van der Waals surface area contributed by atoms with Crippen LogP contribution in [0.2, 0.25) is 5.02 Å². The van der Waals surface area contributed by atoms with Crippen molar-refractivity contribution in [2.45, 2.75) is 12.5 Å². The Morgan fingerprint density at radius 1 is 1.15 bits per heavy atom. The minimum Gasteiger partial charge on any atom is -0.378 e. The maximum absolute atomic E-state index is 12.3. The Hall–Kier alpha value is -2.19. The number of amides is 2. The normalized spacial score (nSPS) is 13.0. The molecule has 2 heterocycles. The van der Waals surface area contributed by atoms with Gasteiger partial charge in [-0.25, -0.2) is 0 Å². The van der Waals surface area contributed by atoms with Crippen LogP contribution in [-0.4, -0.2) is 23.5 Å². The van der Waals surface area contributed by atoms with Gasteiger partial charge in [-0.1, -0.05) is 23.7 Å². The van der Waals surface area contributed by atoms with Gasteiger partial charge in [0.25, 0.3) is 0 Å². The van der Waals surface area contributed by atoms with Crippen molar-refractivity contribution in [2.75, 3.05) is 11.9 Å². The summed E-state index contributed by atoms with van der Waals surface area (Å²) in [6.07, 6.45) is 0. The van der Waals surface area contributed by atoms with Crippen molar-refractivity contribution in [3.63, 3.8) is 0 Å². The molecule has 3 rings (SSSR count). The lowest BCUT2D eigenvalue weighted by Crippen LogP contribution is -2.44. The predicted octanol–water partition coefficient (Wildman–Crippen LogP) is 3.76. The molecule has 0 bridgehead atoms. The molecule has 0 unspecified atom stereocenters. The van der Waals surface area contributed by atoms with Gasteiger partial charge >= 0.3 is 11.8 Å². The number of aliphatic hydroxyl groups is 1. The number of halogens is 1. The molecule has 0 aliphatic rings. The first kappa shape index (κ1) is 19.6. The molecule has 8 heteroatoms. The molecule has 1 aromatic carbocycles. The maximum Gasteiger partial charge on any atom is 0.313 e. The molecule has 1 atom stereocenters. The fourth-order valence-electron chi connectivity index (χ4n) is 2.56. The van der Waals surface area contributed by atoms with Crippen LogP contribution in [-0.2, 0) is 15.2 Å². The van der Waals surface area contributed by atoms with Crippen molar-refractivity contribution in [1.82, 2.24) is 5.32 Å². The van der Waals surface area contributed by atoms with Crippen LogP contribution in [0.1, 0.15) is 16.0 Å². The third-order valence-corrected chi connectivity index (χ3v) is 6.27. The van der Waals surface area contributed by atoms with E-state index in [4.69, 9.17) is 11.6 Å². The molecule has 2 amide bonds. The van der Waals surface area contributed by atoms with Gasteiger partial charge in [-0.2, -0.15) is 11.3 Å². The van der Waals surface area contributed by atoms with Crippen molar-refractivity contribution in [3.8, 4) is 0 Å². The van der Waals surface area contributed by atoms with Gasteiger partial charge in [0.15, 0.2) is 0 Å². The van der Waals surface area contributed by atoms with Crippen LogP contribution in [0.3, 0.4) is 0 Å². The fraction of sp³-hybridized carbons (Fsp3) is 0.158. The van der Waals surface area contributed by atoms with Crippen LogP contribution in [0.25, 0.3) is 0 Å². The Morgan fingerprint density at radius 3 is 2.63 bits per heavy atom. The van der Waals surface area contributed by atoms with Crippen molar-refractivity contribution < 1.29 is 14.7 Å². The average Bonchev–Trinajstić information content (AvgIpc) is 3.37. The van der Waals surface area contributed by atoms with E-state index in [0.29, 0.717) is 26.7 Å². The van der Waals surface area contributed by atoms with Crippen molar-refractivity contribution >= 4 is 51.8 Å².